The normalized spacial score (nSPS) is 12.2. The Bertz CT molecular complexity index is 457. The molecule has 0 aliphatic rings. The Labute approximate surface area is 113 Å². The maximum Gasteiger partial charge on any atom is 0.211 e. The van der Waals surface area contributed by atoms with Crippen LogP contribution >= 0.6 is 11.3 Å². The molecule has 1 aromatic heterocycles. The molecular formula is C11H21N3O2S2. The summed E-state index contributed by atoms with van der Waals surface area (Å²) in [6, 6.07) is 0. The zero-order valence-corrected chi connectivity index (χ0v) is 12.8. The Morgan fingerprint density at radius 2 is 2.22 bits per heavy atom. The highest BCUT2D eigenvalue weighted by Crippen LogP contribution is 2.07. The van der Waals surface area contributed by atoms with E-state index >= 15 is 0 Å². The van der Waals surface area contributed by atoms with Crippen LogP contribution in [0.2, 0.25) is 0 Å². The minimum atomic E-state index is -3.06. The lowest BCUT2D eigenvalue weighted by atomic mass is 10.4. The fourth-order valence-electron chi connectivity index (χ4n) is 1.64. The summed E-state index contributed by atoms with van der Waals surface area (Å²) in [6.45, 7) is 6.48. The lowest BCUT2D eigenvalue weighted by molar-refractivity contribution is 0.419. The summed E-state index contributed by atoms with van der Waals surface area (Å²) in [5.74, 6) is 0. The highest BCUT2D eigenvalue weighted by molar-refractivity contribution is 7.88. The molecule has 0 spiro atoms. The molecular weight excluding hydrogens is 270 g/mol. The maximum atomic E-state index is 11.3. The molecule has 0 aliphatic heterocycles. The molecule has 104 valence electrons. The number of hydrogen-bond donors (Lipinski definition) is 1. The van der Waals surface area contributed by atoms with E-state index < -0.39 is 10.0 Å². The molecule has 0 unspecified atom stereocenters. The molecule has 1 heterocycles. The number of aryl methyl sites for hydroxylation is 1. The first-order valence-electron chi connectivity index (χ1n) is 6.00. The lowest BCUT2D eigenvalue weighted by Gasteiger charge is -2.17. The van der Waals surface area contributed by atoms with Crippen LogP contribution in [0.4, 0.5) is 0 Å². The first kappa shape index (κ1) is 15.6. The summed E-state index contributed by atoms with van der Waals surface area (Å²) in [6.07, 6.45) is 2.06. The van der Waals surface area contributed by atoms with E-state index in [0.717, 1.165) is 30.2 Å². The predicted octanol–water partition coefficient (Wildman–Crippen LogP) is 1.21. The number of nitrogens with one attached hydrogen (secondary N) is 1. The predicted molar refractivity (Wildman–Crippen MR) is 75.3 cm³/mol. The van der Waals surface area contributed by atoms with Crippen LogP contribution < -0.4 is 5.32 Å². The summed E-state index contributed by atoms with van der Waals surface area (Å²) in [7, 11) is -3.06. The highest BCUT2D eigenvalue weighted by atomic mass is 32.2. The molecule has 0 bridgehead atoms. The number of sulfonamides is 1. The van der Waals surface area contributed by atoms with Gasteiger partial charge in [0.2, 0.25) is 10.0 Å². The molecule has 1 rings (SSSR count). The minimum absolute atomic E-state index is 0.532. The quantitative estimate of drug-likeness (QED) is 0.731. The Kier molecular flexibility index (Phi) is 6.20. The van der Waals surface area contributed by atoms with Crippen molar-refractivity contribution in [3.63, 3.8) is 0 Å². The molecule has 0 saturated heterocycles. The summed E-state index contributed by atoms with van der Waals surface area (Å²) in [5.41, 5.74) is 1.05. The number of aromatic nitrogens is 1. The standard InChI is InChI=1S/C11H21N3O2S2/c1-4-14(18(3,15)16)7-5-6-12-8-11-9-17-10(2)13-11/h9,12H,4-8H2,1-3H3. The van der Waals surface area contributed by atoms with E-state index in [1.54, 1.807) is 11.3 Å². The largest absolute Gasteiger partial charge is 0.311 e. The first-order chi connectivity index (χ1) is 8.43. The second kappa shape index (κ2) is 7.18. The summed E-state index contributed by atoms with van der Waals surface area (Å²) in [4.78, 5) is 4.35. The summed E-state index contributed by atoms with van der Waals surface area (Å²) < 4.78 is 24.2. The Hall–Kier alpha value is -0.500. The van der Waals surface area contributed by atoms with Crippen molar-refractivity contribution in [1.82, 2.24) is 14.6 Å². The molecule has 0 fully saturated rings. The molecule has 0 atom stereocenters. The van der Waals surface area contributed by atoms with Crippen molar-refractivity contribution in [2.24, 2.45) is 0 Å². The van der Waals surface area contributed by atoms with Crippen LogP contribution in [0.25, 0.3) is 0 Å². The monoisotopic (exact) mass is 291 g/mol. The van der Waals surface area contributed by atoms with Gasteiger partial charge in [-0.2, -0.15) is 0 Å². The molecule has 0 radical (unpaired) electrons. The average Bonchev–Trinajstić information content (AvgIpc) is 2.67. The topological polar surface area (TPSA) is 62.3 Å². The van der Waals surface area contributed by atoms with Gasteiger partial charge in [0.25, 0.3) is 0 Å². The zero-order chi connectivity index (χ0) is 13.6. The van der Waals surface area contributed by atoms with Crippen molar-refractivity contribution in [1.29, 1.82) is 0 Å². The number of thiazole rings is 1. The van der Waals surface area contributed by atoms with E-state index in [4.69, 9.17) is 0 Å². The third kappa shape index (κ3) is 5.43. The molecule has 5 nitrogen and oxygen atoms in total. The van der Waals surface area contributed by atoms with Gasteiger partial charge in [-0.05, 0) is 19.9 Å². The SMILES string of the molecule is CCN(CCCNCc1csc(C)n1)S(C)(=O)=O. The number of rotatable bonds is 8. The van der Waals surface area contributed by atoms with Crippen LogP contribution in [0.1, 0.15) is 24.0 Å². The number of hydrogen-bond acceptors (Lipinski definition) is 5. The van der Waals surface area contributed by atoms with Gasteiger partial charge < -0.3 is 5.32 Å². The van der Waals surface area contributed by atoms with Crippen molar-refractivity contribution in [3.8, 4) is 0 Å². The molecule has 0 aromatic carbocycles. The summed E-state index contributed by atoms with van der Waals surface area (Å²) in [5, 5.41) is 6.38. The van der Waals surface area contributed by atoms with Crippen LogP contribution in [0, 0.1) is 6.92 Å². The molecule has 1 N–H and O–H groups in total. The molecule has 0 amide bonds. The van der Waals surface area contributed by atoms with Gasteiger partial charge in [-0.3, -0.25) is 0 Å². The molecule has 18 heavy (non-hydrogen) atoms. The van der Waals surface area contributed by atoms with Crippen molar-refractivity contribution in [2.45, 2.75) is 26.8 Å². The molecule has 0 saturated carbocycles. The molecule has 1 aromatic rings. The third-order valence-electron chi connectivity index (χ3n) is 2.56. The van der Waals surface area contributed by atoms with E-state index in [-0.39, 0.29) is 0 Å². The van der Waals surface area contributed by atoms with Crippen LogP contribution in [0.5, 0.6) is 0 Å². The van der Waals surface area contributed by atoms with Gasteiger partial charge in [0, 0.05) is 25.0 Å². The Morgan fingerprint density at radius 3 is 2.72 bits per heavy atom. The zero-order valence-electron chi connectivity index (χ0n) is 11.1. The van der Waals surface area contributed by atoms with Gasteiger partial charge in [0.1, 0.15) is 0 Å². The Balaban J connectivity index is 2.19. The Morgan fingerprint density at radius 1 is 1.50 bits per heavy atom. The van der Waals surface area contributed by atoms with Gasteiger partial charge in [0.15, 0.2) is 0 Å². The van der Waals surface area contributed by atoms with Crippen LogP contribution in [0.3, 0.4) is 0 Å². The van der Waals surface area contributed by atoms with E-state index in [9.17, 15) is 8.42 Å². The van der Waals surface area contributed by atoms with Gasteiger partial charge in [-0.25, -0.2) is 17.7 Å². The molecule has 0 aliphatic carbocycles. The lowest BCUT2D eigenvalue weighted by Crippen LogP contribution is -2.32. The van der Waals surface area contributed by atoms with Crippen LogP contribution in [-0.2, 0) is 16.6 Å². The fraction of sp³-hybridized carbons (Fsp3) is 0.727. The second-order valence-corrected chi connectivity index (χ2v) is 7.19. The maximum absolute atomic E-state index is 11.3. The van der Waals surface area contributed by atoms with Gasteiger partial charge in [0.05, 0.1) is 17.0 Å². The van der Waals surface area contributed by atoms with Gasteiger partial charge in [-0.15, -0.1) is 11.3 Å². The fourth-order valence-corrected chi connectivity index (χ4v) is 3.19. The minimum Gasteiger partial charge on any atom is -0.311 e. The van der Waals surface area contributed by atoms with Crippen LogP contribution in [0.15, 0.2) is 5.38 Å². The average molecular weight is 291 g/mol. The van der Waals surface area contributed by atoms with E-state index in [1.807, 2.05) is 19.2 Å². The van der Waals surface area contributed by atoms with Crippen molar-refractivity contribution in [3.05, 3.63) is 16.1 Å². The van der Waals surface area contributed by atoms with E-state index in [1.165, 1.54) is 10.6 Å². The first-order valence-corrected chi connectivity index (χ1v) is 8.73. The third-order valence-corrected chi connectivity index (χ3v) is 4.76. The highest BCUT2D eigenvalue weighted by Gasteiger charge is 2.12. The number of nitrogens with zero attached hydrogens (tertiary/aromatic N) is 2. The van der Waals surface area contributed by atoms with E-state index in [2.05, 4.69) is 10.3 Å². The van der Waals surface area contributed by atoms with Crippen molar-refractivity contribution < 1.29 is 8.42 Å². The van der Waals surface area contributed by atoms with Crippen molar-refractivity contribution >= 4 is 21.4 Å². The molecule has 7 heteroatoms. The smallest absolute Gasteiger partial charge is 0.211 e. The summed E-state index contributed by atoms with van der Waals surface area (Å²) >= 11 is 1.64. The second-order valence-electron chi connectivity index (χ2n) is 4.14. The van der Waals surface area contributed by atoms with E-state index in [0.29, 0.717) is 13.1 Å². The van der Waals surface area contributed by atoms with Gasteiger partial charge >= 0.3 is 0 Å². The van der Waals surface area contributed by atoms with Gasteiger partial charge in [-0.1, -0.05) is 6.92 Å². The van der Waals surface area contributed by atoms with Crippen molar-refractivity contribution in [2.75, 3.05) is 25.9 Å². The van der Waals surface area contributed by atoms with Crippen LogP contribution in [-0.4, -0.2) is 43.6 Å².